The molecule has 0 spiro atoms. The zero-order chi connectivity index (χ0) is 35.8. The molecule has 6 aromatic rings. The normalized spacial score (nSPS) is 10.4. The Balaban J connectivity index is 0.000000195. The van der Waals surface area contributed by atoms with Crippen LogP contribution in [0.5, 0.6) is 0 Å². The maximum Gasteiger partial charge on any atom is 0.337 e. The Morgan fingerprint density at radius 3 is 1.42 bits per heavy atom. The number of amides is 2. The monoisotopic (exact) mass is 676 g/mol. The van der Waals surface area contributed by atoms with Crippen LogP contribution in [-0.4, -0.2) is 22.9 Å². The molecule has 0 saturated heterocycles. The molecule has 0 atom stereocenters. The molecule has 0 fully saturated rings. The van der Waals surface area contributed by atoms with Crippen molar-refractivity contribution in [2.45, 2.75) is 6.92 Å². The molecule has 0 aliphatic carbocycles. The number of aromatic carboxylic acids is 1. The van der Waals surface area contributed by atoms with E-state index in [1.54, 1.807) is 72.8 Å². The summed E-state index contributed by atoms with van der Waals surface area (Å²) in [5.74, 6) is -4.74. The number of aryl methyl sites for hydroxylation is 1. The van der Waals surface area contributed by atoms with Crippen molar-refractivity contribution in [1.29, 1.82) is 0 Å². The van der Waals surface area contributed by atoms with Crippen molar-refractivity contribution in [2.75, 3.05) is 10.6 Å². The lowest BCUT2D eigenvalue weighted by molar-refractivity contribution is 0.0697. The van der Waals surface area contributed by atoms with E-state index >= 15 is 0 Å². The highest BCUT2D eigenvalue weighted by atomic mass is 19.1. The number of carboxylic acid groups (broad SMARTS) is 1. The van der Waals surface area contributed by atoms with Gasteiger partial charge in [-0.25, -0.2) is 22.4 Å². The summed E-state index contributed by atoms with van der Waals surface area (Å²) in [6, 6.07) is 32.9. The van der Waals surface area contributed by atoms with Gasteiger partial charge < -0.3 is 15.7 Å². The molecule has 0 heterocycles. The summed E-state index contributed by atoms with van der Waals surface area (Å²) >= 11 is 0. The third-order valence-electron chi connectivity index (χ3n) is 7.54. The van der Waals surface area contributed by atoms with Crippen LogP contribution in [-0.2, 0) is 0 Å². The smallest absolute Gasteiger partial charge is 0.337 e. The standard InChI is InChI=1S/C20H13F2NO3.C20H15F2NO/c21-14-7-9-15(17(22)11-14)13-6-8-16(20(25)26)18(10-13)23-19(24)12-4-2-1-3-5-12;1-13-7-8-15(17-10-9-16(21)12-18(17)22)11-19(13)23-20(24)14-5-3-2-4-6-14/h1-11H,(H,23,24)(H,25,26);2-12H,1H3,(H,23,24). The molecule has 0 unspecified atom stereocenters. The predicted molar refractivity (Wildman–Crippen MR) is 184 cm³/mol. The van der Waals surface area contributed by atoms with Gasteiger partial charge in [-0.2, -0.15) is 0 Å². The van der Waals surface area contributed by atoms with Crippen molar-refractivity contribution in [1.82, 2.24) is 0 Å². The van der Waals surface area contributed by atoms with Crippen LogP contribution in [0.3, 0.4) is 0 Å². The minimum Gasteiger partial charge on any atom is -0.478 e. The largest absolute Gasteiger partial charge is 0.478 e. The van der Waals surface area contributed by atoms with Gasteiger partial charge in [-0.05, 0) is 90.3 Å². The summed E-state index contributed by atoms with van der Waals surface area (Å²) in [6.07, 6.45) is 0. The fourth-order valence-electron chi connectivity index (χ4n) is 4.94. The number of carbonyl (C=O) groups is 3. The molecular weight excluding hydrogens is 648 g/mol. The average Bonchev–Trinajstić information content (AvgIpc) is 3.10. The van der Waals surface area contributed by atoms with Gasteiger partial charge in [-0.1, -0.05) is 54.6 Å². The van der Waals surface area contributed by atoms with Gasteiger partial charge >= 0.3 is 5.97 Å². The molecule has 0 aromatic heterocycles. The van der Waals surface area contributed by atoms with Crippen molar-refractivity contribution in [3.63, 3.8) is 0 Å². The fraction of sp³-hybridized carbons (Fsp3) is 0.0250. The number of hydrogen-bond acceptors (Lipinski definition) is 3. The summed E-state index contributed by atoms with van der Waals surface area (Å²) in [5, 5.41) is 14.7. The van der Waals surface area contributed by atoms with Gasteiger partial charge in [0.15, 0.2) is 0 Å². The quantitative estimate of drug-likeness (QED) is 0.147. The molecule has 2 amide bonds. The fourth-order valence-corrected chi connectivity index (χ4v) is 4.94. The molecule has 50 heavy (non-hydrogen) atoms. The second-order valence-electron chi connectivity index (χ2n) is 11.0. The first-order valence-corrected chi connectivity index (χ1v) is 15.1. The van der Waals surface area contributed by atoms with Crippen molar-refractivity contribution >= 4 is 29.2 Å². The van der Waals surface area contributed by atoms with E-state index in [-0.39, 0.29) is 28.3 Å². The number of halogens is 4. The molecule has 0 aliphatic heterocycles. The zero-order valence-corrected chi connectivity index (χ0v) is 26.4. The third-order valence-corrected chi connectivity index (χ3v) is 7.54. The number of anilines is 2. The van der Waals surface area contributed by atoms with E-state index in [1.807, 2.05) is 13.0 Å². The predicted octanol–water partition coefficient (Wildman–Crippen LogP) is 9.77. The van der Waals surface area contributed by atoms with Gasteiger partial charge in [0.25, 0.3) is 11.8 Å². The van der Waals surface area contributed by atoms with E-state index in [0.29, 0.717) is 27.9 Å². The van der Waals surface area contributed by atoms with Crippen LogP contribution in [0.4, 0.5) is 28.9 Å². The van der Waals surface area contributed by atoms with Gasteiger partial charge in [0, 0.05) is 40.1 Å². The highest BCUT2D eigenvalue weighted by Gasteiger charge is 2.17. The number of carbonyl (C=O) groups excluding carboxylic acids is 2. The van der Waals surface area contributed by atoms with Gasteiger partial charge in [0.1, 0.15) is 23.3 Å². The van der Waals surface area contributed by atoms with Gasteiger partial charge in [-0.15, -0.1) is 0 Å². The van der Waals surface area contributed by atoms with E-state index in [2.05, 4.69) is 10.6 Å². The first kappa shape index (κ1) is 34.8. The van der Waals surface area contributed by atoms with Gasteiger partial charge in [0.05, 0.1) is 11.3 Å². The lowest BCUT2D eigenvalue weighted by atomic mass is 10.0. The summed E-state index contributed by atoms with van der Waals surface area (Å²) < 4.78 is 54.1. The number of carboxylic acids is 1. The molecular formula is C40H28F4N2O4. The van der Waals surface area contributed by atoms with E-state index in [9.17, 15) is 37.1 Å². The molecule has 0 radical (unpaired) electrons. The van der Waals surface area contributed by atoms with Crippen LogP contribution in [0.25, 0.3) is 22.3 Å². The van der Waals surface area contributed by atoms with Crippen molar-refractivity contribution in [3.05, 3.63) is 179 Å². The topological polar surface area (TPSA) is 95.5 Å². The van der Waals surface area contributed by atoms with Gasteiger partial charge in [-0.3, -0.25) is 9.59 Å². The second-order valence-corrected chi connectivity index (χ2v) is 11.0. The Bertz CT molecular complexity index is 2190. The average molecular weight is 677 g/mol. The Labute approximate surface area is 284 Å². The summed E-state index contributed by atoms with van der Waals surface area (Å²) in [7, 11) is 0. The zero-order valence-electron chi connectivity index (χ0n) is 26.4. The highest BCUT2D eigenvalue weighted by molar-refractivity contribution is 6.08. The van der Waals surface area contributed by atoms with Crippen molar-refractivity contribution in [2.24, 2.45) is 0 Å². The summed E-state index contributed by atoms with van der Waals surface area (Å²) in [5.41, 5.74) is 3.48. The van der Waals surface area contributed by atoms with Crippen molar-refractivity contribution < 1.29 is 37.1 Å². The van der Waals surface area contributed by atoms with E-state index < -0.39 is 35.1 Å². The van der Waals surface area contributed by atoms with E-state index in [1.165, 1.54) is 36.4 Å². The van der Waals surface area contributed by atoms with E-state index in [4.69, 9.17) is 0 Å². The lowest BCUT2D eigenvalue weighted by Gasteiger charge is -2.12. The van der Waals surface area contributed by atoms with Crippen LogP contribution in [0, 0.1) is 30.2 Å². The Morgan fingerprint density at radius 2 is 0.960 bits per heavy atom. The van der Waals surface area contributed by atoms with Crippen LogP contribution < -0.4 is 10.6 Å². The lowest BCUT2D eigenvalue weighted by Crippen LogP contribution is -2.14. The molecule has 0 bridgehead atoms. The third kappa shape index (κ3) is 8.48. The van der Waals surface area contributed by atoms with E-state index in [0.717, 1.165) is 23.8 Å². The summed E-state index contributed by atoms with van der Waals surface area (Å²) in [4.78, 5) is 36.0. The Kier molecular flexibility index (Phi) is 10.8. The van der Waals surface area contributed by atoms with Gasteiger partial charge in [0.2, 0.25) is 0 Å². The van der Waals surface area contributed by atoms with Crippen LogP contribution in [0.2, 0.25) is 0 Å². The highest BCUT2D eigenvalue weighted by Crippen LogP contribution is 2.30. The maximum atomic E-state index is 14.0. The van der Waals surface area contributed by atoms with Crippen LogP contribution in [0.1, 0.15) is 36.6 Å². The minimum atomic E-state index is -1.24. The molecule has 0 saturated carbocycles. The molecule has 10 heteroatoms. The Hall–Kier alpha value is -6.55. The molecule has 6 aromatic carbocycles. The SMILES string of the molecule is Cc1ccc(-c2ccc(F)cc2F)cc1NC(=O)c1ccccc1.O=C(Nc1cc(-c2ccc(F)cc2F)ccc1C(=O)O)c1ccccc1. The first-order valence-electron chi connectivity index (χ1n) is 15.1. The van der Waals surface area contributed by atoms with Crippen LogP contribution in [0.15, 0.2) is 133 Å². The van der Waals surface area contributed by atoms with Crippen molar-refractivity contribution in [3.8, 4) is 22.3 Å². The summed E-state index contributed by atoms with van der Waals surface area (Å²) in [6.45, 7) is 1.85. The number of nitrogens with one attached hydrogen (secondary N) is 2. The van der Waals surface area contributed by atoms with Crippen LogP contribution >= 0.6 is 0 Å². The first-order chi connectivity index (χ1) is 24.0. The number of benzene rings is 6. The molecule has 3 N–H and O–H groups in total. The minimum absolute atomic E-state index is 0.0209. The Morgan fingerprint density at radius 1 is 0.520 bits per heavy atom. The number of hydrogen-bond donors (Lipinski definition) is 3. The molecule has 250 valence electrons. The molecule has 6 rings (SSSR count). The maximum absolute atomic E-state index is 14.0. The molecule has 6 nitrogen and oxygen atoms in total. The molecule has 0 aliphatic rings. The second kappa shape index (κ2) is 15.6. The number of rotatable bonds is 7.